The van der Waals surface area contributed by atoms with E-state index < -0.39 is 11.9 Å². The fourth-order valence-electron chi connectivity index (χ4n) is 1.20. The minimum absolute atomic E-state index is 0.270. The molecule has 0 heterocycles. The normalized spacial score (nSPS) is 8.72. The first-order chi connectivity index (χ1) is 8.74. The number of rotatable bonds is 2. The van der Waals surface area contributed by atoms with Gasteiger partial charge in [-0.05, 0) is 0 Å². The molecule has 0 radical (unpaired) electrons. The highest BCUT2D eigenvalue weighted by Gasteiger charge is 2.12. The van der Waals surface area contributed by atoms with E-state index in [0.717, 1.165) is 5.46 Å². The molecule has 4 nitrogen and oxygen atoms in total. The third kappa shape index (κ3) is 5.16. The molecule has 0 aliphatic rings. The Morgan fingerprint density at radius 1 is 1.00 bits per heavy atom. The van der Waals surface area contributed by atoms with Crippen LogP contribution in [-0.2, 0) is 14.3 Å². The molecule has 0 spiro atoms. The van der Waals surface area contributed by atoms with Crippen molar-refractivity contribution in [1.29, 1.82) is 0 Å². The summed E-state index contributed by atoms with van der Waals surface area (Å²) in [4.78, 5) is 22.1. The summed E-state index contributed by atoms with van der Waals surface area (Å²) in [6, 6.07) is 16.9. The molecule has 18 heavy (non-hydrogen) atoms. The second-order valence-electron chi connectivity index (χ2n) is 3.43. The van der Waals surface area contributed by atoms with Crippen LogP contribution in [0.3, 0.4) is 0 Å². The average Bonchev–Trinajstić information content (AvgIpc) is 2.41. The minimum Gasteiger partial charge on any atom is -0.462 e. The first-order valence-corrected chi connectivity index (χ1v) is 5.47. The molecule has 0 unspecified atom stereocenters. The van der Waals surface area contributed by atoms with Gasteiger partial charge in [-0.3, -0.25) is 4.79 Å². The highest BCUT2D eigenvalue weighted by molar-refractivity contribution is 6.57. The molecule has 1 amide bonds. The van der Waals surface area contributed by atoms with Crippen LogP contribution in [0.15, 0.2) is 54.6 Å². The molecule has 92 valence electrons. The quantitative estimate of drug-likeness (QED) is 0.454. The molecular weight excluding hydrogens is 229 g/mol. The lowest BCUT2D eigenvalue weighted by atomic mass is 9.84. The number of hydrogen-bond acceptors (Lipinski definition) is 3. The fourth-order valence-corrected chi connectivity index (χ4v) is 1.20. The number of esters is 1. The van der Waals surface area contributed by atoms with Gasteiger partial charge in [0.2, 0.25) is 0 Å². The van der Waals surface area contributed by atoms with Crippen molar-refractivity contribution in [2.45, 2.75) is 0 Å². The molecule has 1 N–H and O–H groups in total. The predicted molar refractivity (Wildman–Crippen MR) is 71.0 cm³/mol. The van der Waals surface area contributed by atoms with Crippen LogP contribution in [0.2, 0.25) is 0 Å². The second-order valence-corrected chi connectivity index (χ2v) is 3.43. The summed E-state index contributed by atoms with van der Waals surface area (Å²) in [6.45, 7) is 0. The lowest BCUT2D eigenvalue weighted by molar-refractivity contribution is -0.151. The fraction of sp³-hybridized carbons (Fsp3) is 0.0769. The number of carbonyl (C=O) groups excluding carboxylic acids is 2. The van der Waals surface area contributed by atoms with Crippen LogP contribution in [-0.4, -0.2) is 26.4 Å². The first kappa shape index (κ1) is 13.8. The highest BCUT2D eigenvalue weighted by atomic mass is 16.5. The van der Waals surface area contributed by atoms with Gasteiger partial charge in [-0.15, -0.1) is 0 Å². The van der Waals surface area contributed by atoms with Gasteiger partial charge in [0.15, 0.2) is 0 Å². The average molecular weight is 243 g/mol. The zero-order valence-corrected chi connectivity index (χ0v) is 10.1. The van der Waals surface area contributed by atoms with Crippen molar-refractivity contribution in [2.75, 3.05) is 7.11 Å². The van der Waals surface area contributed by atoms with E-state index >= 15 is 0 Å². The number of nitrogens with one attached hydrogen (secondary N) is 1. The molecule has 0 saturated carbocycles. The Morgan fingerprint density at radius 2 is 1.50 bits per heavy atom. The number of carbonyl (C=O) groups is 2. The third-order valence-electron chi connectivity index (χ3n) is 2.11. The number of amides is 1. The van der Waals surface area contributed by atoms with Crippen molar-refractivity contribution in [3.8, 4) is 0 Å². The Bertz CT molecular complexity index is 451. The number of ether oxygens (including phenoxy) is 1. The van der Waals surface area contributed by atoms with Crippen LogP contribution in [0, 0.1) is 0 Å². The lowest BCUT2D eigenvalue weighted by Gasteiger charge is -2.00. The molecular formula is C13H14BNO3. The van der Waals surface area contributed by atoms with Gasteiger partial charge in [0.25, 0.3) is 7.41 Å². The van der Waals surface area contributed by atoms with E-state index in [1.807, 2.05) is 54.6 Å². The van der Waals surface area contributed by atoms with Crippen molar-refractivity contribution in [1.82, 2.24) is 5.23 Å². The van der Waals surface area contributed by atoms with E-state index in [4.69, 9.17) is 0 Å². The molecule has 1 aromatic rings. The van der Waals surface area contributed by atoms with Gasteiger partial charge in [0.1, 0.15) is 0 Å². The molecule has 5 heteroatoms. The highest BCUT2D eigenvalue weighted by Crippen LogP contribution is 1.80. The first-order valence-electron chi connectivity index (χ1n) is 5.47. The van der Waals surface area contributed by atoms with Gasteiger partial charge in [-0.2, -0.15) is 0 Å². The van der Waals surface area contributed by atoms with Gasteiger partial charge in [0.05, 0.1) is 7.11 Å². The molecule has 0 fully saturated rings. The SMILES string of the molecule is COC(=O)C(=O)NBc1ccccccccc1. The van der Waals surface area contributed by atoms with Crippen LogP contribution in [0.1, 0.15) is 0 Å². The monoisotopic (exact) mass is 243 g/mol. The van der Waals surface area contributed by atoms with Crippen LogP contribution in [0.5, 0.6) is 0 Å². The molecule has 0 aromatic heterocycles. The standard InChI is InChI=1S/C13H14BNO3/c1-18-13(17)12(16)15-14-11-9-7-5-3-2-4-6-8-10-11/h2-10,14H,1H3,(H,15,16). The summed E-state index contributed by atoms with van der Waals surface area (Å²) in [5.41, 5.74) is 0.878. The van der Waals surface area contributed by atoms with E-state index in [1.165, 1.54) is 7.11 Å². The minimum atomic E-state index is -0.891. The zero-order chi connectivity index (χ0) is 13.2. The van der Waals surface area contributed by atoms with Crippen LogP contribution in [0.25, 0.3) is 0 Å². The summed E-state index contributed by atoms with van der Waals surface area (Å²) in [5.74, 6) is -1.64. The van der Waals surface area contributed by atoms with Crippen LogP contribution >= 0.6 is 0 Å². The van der Waals surface area contributed by atoms with Crippen LogP contribution < -0.4 is 10.7 Å². The molecule has 1 rings (SSSR count). The maximum Gasteiger partial charge on any atom is 0.395 e. The Morgan fingerprint density at radius 3 is 2.00 bits per heavy atom. The van der Waals surface area contributed by atoms with Crippen molar-refractivity contribution >= 4 is 24.8 Å². The summed E-state index contributed by atoms with van der Waals surface area (Å²) >= 11 is 0. The summed E-state index contributed by atoms with van der Waals surface area (Å²) in [6.07, 6.45) is 0. The van der Waals surface area contributed by atoms with Gasteiger partial charge < -0.3 is 9.96 Å². The Balaban J connectivity index is 2.73. The number of hydrogen-bond donors (Lipinski definition) is 1. The summed E-state index contributed by atoms with van der Waals surface area (Å²) in [5, 5.41) is 2.48. The van der Waals surface area contributed by atoms with Gasteiger partial charge in [-0.1, -0.05) is 60.1 Å². The maximum absolute atomic E-state index is 11.2. The van der Waals surface area contributed by atoms with E-state index in [2.05, 4.69) is 9.96 Å². The van der Waals surface area contributed by atoms with Gasteiger partial charge in [-0.25, -0.2) is 4.79 Å². The smallest absolute Gasteiger partial charge is 0.395 e. The maximum atomic E-state index is 11.2. The van der Waals surface area contributed by atoms with E-state index in [1.54, 1.807) is 0 Å². The summed E-state index contributed by atoms with van der Waals surface area (Å²) in [7, 11) is 1.44. The third-order valence-corrected chi connectivity index (χ3v) is 2.11. The molecule has 0 atom stereocenters. The van der Waals surface area contributed by atoms with E-state index in [0.29, 0.717) is 0 Å². The zero-order valence-electron chi connectivity index (χ0n) is 10.1. The van der Waals surface area contributed by atoms with Gasteiger partial charge >= 0.3 is 11.9 Å². The largest absolute Gasteiger partial charge is 0.462 e. The Labute approximate surface area is 107 Å². The second kappa shape index (κ2) is 7.89. The molecule has 0 aliphatic carbocycles. The van der Waals surface area contributed by atoms with Crippen molar-refractivity contribution in [3.05, 3.63) is 54.6 Å². The molecule has 0 aliphatic heterocycles. The van der Waals surface area contributed by atoms with Crippen molar-refractivity contribution in [2.24, 2.45) is 0 Å². The Hall–Kier alpha value is -2.30. The number of methoxy groups -OCH3 is 1. The van der Waals surface area contributed by atoms with Crippen molar-refractivity contribution in [3.63, 3.8) is 0 Å². The van der Waals surface area contributed by atoms with E-state index in [9.17, 15) is 9.59 Å². The predicted octanol–water partition coefficient (Wildman–Crippen LogP) is 0.0770. The van der Waals surface area contributed by atoms with E-state index in [-0.39, 0.29) is 7.41 Å². The Kier molecular flexibility index (Phi) is 6.04. The van der Waals surface area contributed by atoms with Crippen LogP contribution in [0.4, 0.5) is 0 Å². The van der Waals surface area contributed by atoms with Gasteiger partial charge in [0, 0.05) is 0 Å². The molecule has 0 bridgehead atoms. The molecule has 1 aromatic carbocycles. The summed E-state index contributed by atoms with van der Waals surface area (Å²) < 4.78 is 4.31. The topological polar surface area (TPSA) is 55.4 Å². The lowest BCUT2D eigenvalue weighted by Crippen LogP contribution is -2.39. The molecule has 0 saturated heterocycles. The van der Waals surface area contributed by atoms with Crippen molar-refractivity contribution < 1.29 is 14.3 Å².